The third-order valence-electron chi connectivity index (χ3n) is 2.79. The molecular weight excluding hydrogens is 250 g/mol. The lowest BCUT2D eigenvalue weighted by Gasteiger charge is -2.11. The van der Waals surface area contributed by atoms with Gasteiger partial charge < -0.3 is 15.7 Å². The van der Waals surface area contributed by atoms with E-state index in [0.29, 0.717) is 19.4 Å². The van der Waals surface area contributed by atoms with Crippen LogP contribution in [0.15, 0.2) is 18.2 Å². The van der Waals surface area contributed by atoms with E-state index in [4.69, 9.17) is 5.11 Å². The van der Waals surface area contributed by atoms with Crippen molar-refractivity contribution in [3.63, 3.8) is 0 Å². The van der Waals surface area contributed by atoms with Crippen LogP contribution in [-0.4, -0.2) is 40.5 Å². The number of amides is 2. The number of rotatable bonds is 4. The lowest BCUT2D eigenvalue weighted by Crippen LogP contribution is -2.38. The van der Waals surface area contributed by atoms with Crippen molar-refractivity contribution < 1.29 is 19.5 Å². The van der Waals surface area contributed by atoms with Crippen molar-refractivity contribution in [1.29, 1.82) is 0 Å². The van der Waals surface area contributed by atoms with E-state index in [0.717, 1.165) is 0 Å². The summed E-state index contributed by atoms with van der Waals surface area (Å²) in [7, 11) is 0. The number of hydrogen-bond acceptors (Lipinski definition) is 4. The van der Waals surface area contributed by atoms with Crippen molar-refractivity contribution in [3.8, 4) is 0 Å². The van der Waals surface area contributed by atoms with Crippen molar-refractivity contribution in [2.45, 2.75) is 18.9 Å². The number of carbonyl (C=O) groups excluding carboxylic acids is 2. The number of hydrogen-bond donors (Lipinski definition) is 3. The summed E-state index contributed by atoms with van der Waals surface area (Å²) in [6.07, 6.45) is 1.15. The van der Waals surface area contributed by atoms with Gasteiger partial charge in [0.05, 0.1) is 0 Å². The smallest absolute Gasteiger partial charge is 0.354 e. The van der Waals surface area contributed by atoms with Crippen LogP contribution < -0.4 is 10.6 Å². The molecule has 1 aliphatic rings. The second kappa shape index (κ2) is 5.47. The summed E-state index contributed by atoms with van der Waals surface area (Å²) in [6, 6.07) is 4.15. The number of aromatic nitrogens is 1. The highest BCUT2D eigenvalue weighted by Gasteiger charge is 2.21. The maximum absolute atomic E-state index is 11.8. The first kappa shape index (κ1) is 13.0. The minimum absolute atomic E-state index is 0.0229. The molecule has 1 aromatic heterocycles. The number of nitrogens with zero attached hydrogens (tertiary/aromatic N) is 1. The van der Waals surface area contributed by atoms with Crippen LogP contribution in [-0.2, 0) is 4.79 Å². The molecule has 1 aliphatic heterocycles. The number of carbonyl (C=O) groups is 3. The van der Waals surface area contributed by atoms with Gasteiger partial charge in [0.15, 0.2) is 0 Å². The second-order valence-electron chi connectivity index (χ2n) is 4.23. The van der Waals surface area contributed by atoms with Gasteiger partial charge in [-0.15, -0.1) is 0 Å². The Morgan fingerprint density at radius 3 is 2.79 bits per heavy atom. The molecule has 19 heavy (non-hydrogen) atoms. The Morgan fingerprint density at radius 2 is 2.16 bits per heavy atom. The standard InChI is InChI=1S/C12H13N3O4/c16-10-5-4-7(14-10)6-13-11(17)8-2-1-3-9(15-8)12(18)19/h1-3,7H,4-6H2,(H,13,17)(H,14,16)(H,18,19). The van der Waals surface area contributed by atoms with Crippen LogP contribution >= 0.6 is 0 Å². The Morgan fingerprint density at radius 1 is 1.42 bits per heavy atom. The van der Waals surface area contributed by atoms with Gasteiger partial charge in [-0.2, -0.15) is 0 Å². The van der Waals surface area contributed by atoms with Crippen LogP contribution in [0.4, 0.5) is 0 Å². The monoisotopic (exact) mass is 263 g/mol. The zero-order valence-electron chi connectivity index (χ0n) is 10.0. The zero-order chi connectivity index (χ0) is 13.8. The molecule has 100 valence electrons. The lowest BCUT2D eigenvalue weighted by atomic mass is 10.2. The summed E-state index contributed by atoms with van der Waals surface area (Å²) in [4.78, 5) is 37.2. The van der Waals surface area contributed by atoms with Crippen molar-refractivity contribution in [2.75, 3.05) is 6.54 Å². The second-order valence-corrected chi connectivity index (χ2v) is 4.23. The van der Waals surface area contributed by atoms with Crippen LogP contribution in [0.1, 0.15) is 33.8 Å². The topological polar surface area (TPSA) is 108 Å². The van der Waals surface area contributed by atoms with E-state index in [1.807, 2.05) is 0 Å². The molecule has 0 bridgehead atoms. The highest BCUT2D eigenvalue weighted by atomic mass is 16.4. The average Bonchev–Trinajstić information content (AvgIpc) is 2.82. The van der Waals surface area contributed by atoms with Gasteiger partial charge in [0.1, 0.15) is 11.4 Å². The van der Waals surface area contributed by atoms with E-state index in [-0.39, 0.29) is 23.3 Å². The van der Waals surface area contributed by atoms with Crippen molar-refractivity contribution >= 4 is 17.8 Å². The summed E-state index contributed by atoms with van der Waals surface area (Å²) in [6.45, 7) is 0.309. The van der Waals surface area contributed by atoms with E-state index >= 15 is 0 Å². The predicted molar refractivity (Wildman–Crippen MR) is 64.7 cm³/mol. The van der Waals surface area contributed by atoms with E-state index in [9.17, 15) is 14.4 Å². The van der Waals surface area contributed by atoms with Gasteiger partial charge in [-0.05, 0) is 18.6 Å². The first-order valence-electron chi connectivity index (χ1n) is 5.84. The summed E-state index contributed by atoms with van der Waals surface area (Å²) in [5, 5.41) is 14.1. The summed E-state index contributed by atoms with van der Waals surface area (Å²) in [5.74, 6) is -1.66. The molecule has 2 heterocycles. The van der Waals surface area contributed by atoms with Crippen molar-refractivity contribution in [2.24, 2.45) is 0 Å². The average molecular weight is 263 g/mol. The first-order valence-corrected chi connectivity index (χ1v) is 5.84. The zero-order valence-corrected chi connectivity index (χ0v) is 10.0. The molecule has 1 atom stereocenters. The molecule has 0 aliphatic carbocycles. The third kappa shape index (κ3) is 3.27. The van der Waals surface area contributed by atoms with Gasteiger partial charge >= 0.3 is 5.97 Å². The van der Waals surface area contributed by atoms with E-state index < -0.39 is 11.9 Å². The molecule has 2 amide bonds. The fourth-order valence-corrected chi connectivity index (χ4v) is 1.82. The largest absolute Gasteiger partial charge is 0.477 e. The number of pyridine rings is 1. The van der Waals surface area contributed by atoms with Crippen molar-refractivity contribution in [3.05, 3.63) is 29.6 Å². The molecule has 1 fully saturated rings. The minimum atomic E-state index is -1.18. The van der Waals surface area contributed by atoms with Crippen LogP contribution in [0, 0.1) is 0 Å². The molecule has 7 heteroatoms. The molecule has 7 nitrogen and oxygen atoms in total. The number of nitrogens with one attached hydrogen (secondary N) is 2. The maximum atomic E-state index is 11.8. The Bertz CT molecular complexity index is 529. The number of carboxylic acids is 1. The van der Waals surface area contributed by atoms with E-state index in [1.165, 1.54) is 18.2 Å². The number of carboxylic acid groups (broad SMARTS) is 1. The van der Waals surface area contributed by atoms with Crippen molar-refractivity contribution in [1.82, 2.24) is 15.6 Å². The fourth-order valence-electron chi connectivity index (χ4n) is 1.82. The summed E-state index contributed by atoms with van der Waals surface area (Å²) < 4.78 is 0. The van der Waals surface area contributed by atoms with Crippen LogP contribution in [0.2, 0.25) is 0 Å². The number of aromatic carboxylic acids is 1. The van der Waals surface area contributed by atoms with Crippen LogP contribution in [0.25, 0.3) is 0 Å². The molecule has 0 saturated carbocycles. The summed E-state index contributed by atoms with van der Waals surface area (Å²) >= 11 is 0. The van der Waals surface area contributed by atoms with Crippen LogP contribution in [0.3, 0.4) is 0 Å². The normalized spacial score (nSPS) is 17.9. The minimum Gasteiger partial charge on any atom is -0.477 e. The van der Waals surface area contributed by atoms with Gasteiger partial charge in [-0.1, -0.05) is 6.07 Å². The van der Waals surface area contributed by atoms with Gasteiger partial charge in [-0.3, -0.25) is 9.59 Å². The highest BCUT2D eigenvalue weighted by Crippen LogP contribution is 2.05. The first-order chi connectivity index (χ1) is 9.06. The molecule has 3 N–H and O–H groups in total. The molecule has 0 aromatic carbocycles. The van der Waals surface area contributed by atoms with Gasteiger partial charge in [-0.25, -0.2) is 9.78 Å². The molecule has 1 saturated heterocycles. The highest BCUT2D eigenvalue weighted by molar-refractivity contribution is 5.94. The van der Waals surface area contributed by atoms with E-state index in [1.54, 1.807) is 0 Å². The van der Waals surface area contributed by atoms with Gasteiger partial charge in [0.2, 0.25) is 5.91 Å². The third-order valence-corrected chi connectivity index (χ3v) is 2.79. The van der Waals surface area contributed by atoms with Gasteiger partial charge in [0, 0.05) is 19.0 Å². The summed E-state index contributed by atoms with van der Waals surface area (Å²) in [5.41, 5.74) is -0.133. The molecule has 2 rings (SSSR count). The SMILES string of the molecule is O=C1CCC(CNC(=O)c2cccc(C(=O)O)n2)N1. The van der Waals surface area contributed by atoms with Gasteiger partial charge in [0.25, 0.3) is 5.91 Å². The van der Waals surface area contributed by atoms with E-state index in [2.05, 4.69) is 15.6 Å². The Hall–Kier alpha value is -2.44. The Balaban J connectivity index is 1.94. The maximum Gasteiger partial charge on any atom is 0.354 e. The Kier molecular flexibility index (Phi) is 3.74. The van der Waals surface area contributed by atoms with Crippen LogP contribution in [0.5, 0.6) is 0 Å². The quantitative estimate of drug-likeness (QED) is 0.696. The Labute approximate surface area is 109 Å². The molecule has 1 aromatic rings. The molecule has 1 unspecified atom stereocenters. The predicted octanol–water partition coefficient (Wildman–Crippen LogP) is -0.212. The lowest BCUT2D eigenvalue weighted by molar-refractivity contribution is -0.119. The molecule has 0 spiro atoms. The fraction of sp³-hybridized carbons (Fsp3) is 0.333. The molecular formula is C12H13N3O4. The molecule has 0 radical (unpaired) electrons.